The van der Waals surface area contributed by atoms with Gasteiger partial charge in [0.1, 0.15) is 5.78 Å². The summed E-state index contributed by atoms with van der Waals surface area (Å²) in [6.07, 6.45) is 1.52. The quantitative estimate of drug-likeness (QED) is 0.642. The lowest BCUT2D eigenvalue weighted by Gasteiger charge is -2.25. The lowest BCUT2D eigenvalue weighted by atomic mass is 10.1. The molecular weight excluding hydrogens is 174 g/mol. The third-order valence-corrected chi connectivity index (χ3v) is 3.50. The van der Waals surface area contributed by atoms with Crippen molar-refractivity contribution in [3.8, 4) is 0 Å². The van der Waals surface area contributed by atoms with Crippen molar-refractivity contribution in [2.75, 3.05) is 13.1 Å². The number of rotatable bonds is 2. The second kappa shape index (κ2) is 4.14. The summed E-state index contributed by atoms with van der Waals surface area (Å²) in [6.45, 7) is 5.01. The zero-order valence-corrected chi connectivity index (χ0v) is 8.39. The summed E-state index contributed by atoms with van der Waals surface area (Å²) in [7, 11) is -0.966. The molecule has 0 N–H and O–H groups in total. The van der Waals surface area contributed by atoms with Crippen molar-refractivity contribution in [1.82, 2.24) is 4.31 Å². The molecule has 0 amide bonds. The first kappa shape index (κ1) is 9.86. The first-order chi connectivity index (χ1) is 5.61. The highest BCUT2D eigenvalue weighted by Crippen LogP contribution is 2.10. The second-order valence-electron chi connectivity index (χ2n) is 3.33. The van der Waals surface area contributed by atoms with Crippen LogP contribution in [0.4, 0.5) is 0 Å². The molecule has 0 aromatic carbocycles. The van der Waals surface area contributed by atoms with E-state index in [2.05, 4.69) is 0 Å². The smallest absolute Gasteiger partial charge is 0.147 e. The third kappa shape index (κ3) is 2.38. The zero-order valence-electron chi connectivity index (χ0n) is 7.58. The molecule has 0 aromatic heterocycles. The minimum absolute atomic E-state index is 0.121. The van der Waals surface area contributed by atoms with E-state index in [1.54, 1.807) is 4.31 Å². The molecule has 0 bridgehead atoms. The largest absolute Gasteiger partial charge is 0.298 e. The third-order valence-electron chi connectivity index (χ3n) is 1.87. The molecule has 1 fully saturated rings. The number of hydrogen-bond acceptors (Lipinski definition) is 2. The molecule has 4 heteroatoms. The van der Waals surface area contributed by atoms with Crippen LogP contribution in [-0.4, -0.2) is 32.6 Å². The predicted octanol–water partition coefficient (Wildman–Crippen LogP) is 0.723. The molecule has 1 atom stereocenters. The Morgan fingerprint density at radius 2 is 2.17 bits per heavy atom. The SMILES string of the molecule is CC(C)S(=O)N1CCCC(=O)C1. The molecule has 3 nitrogen and oxygen atoms in total. The molecule has 1 heterocycles. The molecule has 1 rings (SSSR count). The summed E-state index contributed by atoms with van der Waals surface area (Å²) >= 11 is 0. The van der Waals surface area contributed by atoms with Crippen LogP contribution in [-0.2, 0) is 15.8 Å². The fraction of sp³-hybridized carbons (Fsp3) is 0.875. The number of carbonyl (C=O) groups is 1. The Labute approximate surface area is 75.7 Å². The highest BCUT2D eigenvalue weighted by Gasteiger charge is 2.22. The number of carbonyl (C=O) groups excluding carboxylic acids is 1. The van der Waals surface area contributed by atoms with E-state index in [0.29, 0.717) is 13.0 Å². The molecule has 1 aliphatic heterocycles. The Kier molecular flexibility index (Phi) is 3.40. The van der Waals surface area contributed by atoms with Crippen LogP contribution >= 0.6 is 0 Å². The summed E-state index contributed by atoms with van der Waals surface area (Å²) in [5.41, 5.74) is 0. The fourth-order valence-electron chi connectivity index (χ4n) is 1.26. The molecule has 1 saturated heterocycles. The Bertz CT molecular complexity index is 203. The van der Waals surface area contributed by atoms with Crippen LogP contribution < -0.4 is 0 Å². The Morgan fingerprint density at radius 3 is 2.67 bits per heavy atom. The molecule has 0 aromatic rings. The maximum Gasteiger partial charge on any atom is 0.147 e. The minimum atomic E-state index is -0.966. The van der Waals surface area contributed by atoms with Crippen LogP contribution in [0, 0.1) is 0 Å². The van der Waals surface area contributed by atoms with Gasteiger partial charge in [-0.05, 0) is 20.3 Å². The molecule has 0 saturated carbocycles. The summed E-state index contributed by atoms with van der Waals surface area (Å²) in [6, 6.07) is 0. The monoisotopic (exact) mass is 189 g/mol. The van der Waals surface area contributed by atoms with E-state index in [1.165, 1.54) is 0 Å². The number of piperidine rings is 1. The van der Waals surface area contributed by atoms with Crippen LogP contribution in [0.5, 0.6) is 0 Å². The van der Waals surface area contributed by atoms with Gasteiger partial charge >= 0.3 is 0 Å². The maximum atomic E-state index is 11.5. The van der Waals surface area contributed by atoms with Crippen molar-refractivity contribution >= 4 is 16.8 Å². The summed E-state index contributed by atoms with van der Waals surface area (Å²) in [4.78, 5) is 11.0. The normalized spacial score (nSPS) is 23.1. The van der Waals surface area contributed by atoms with E-state index in [9.17, 15) is 9.00 Å². The fourth-order valence-corrected chi connectivity index (χ4v) is 2.44. The van der Waals surface area contributed by atoms with Crippen LogP contribution in [0.2, 0.25) is 0 Å². The average molecular weight is 189 g/mol. The molecule has 12 heavy (non-hydrogen) atoms. The Balaban J connectivity index is 2.51. The maximum absolute atomic E-state index is 11.5. The predicted molar refractivity (Wildman–Crippen MR) is 49.1 cm³/mol. The van der Waals surface area contributed by atoms with Crippen LogP contribution in [0.25, 0.3) is 0 Å². The first-order valence-electron chi connectivity index (χ1n) is 4.28. The molecule has 70 valence electrons. The van der Waals surface area contributed by atoms with Crippen molar-refractivity contribution in [1.29, 1.82) is 0 Å². The standard InChI is InChI=1S/C8H15NO2S/c1-7(2)12(11)9-5-3-4-8(10)6-9/h7H,3-6H2,1-2H3. The van der Waals surface area contributed by atoms with Crippen LogP contribution in [0.15, 0.2) is 0 Å². The van der Waals surface area contributed by atoms with Gasteiger partial charge in [-0.15, -0.1) is 0 Å². The van der Waals surface area contributed by atoms with Gasteiger partial charge in [-0.25, -0.2) is 8.51 Å². The number of ketones is 1. The summed E-state index contributed by atoms with van der Waals surface area (Å²) in [5.74, 6) is 0.218. The highest BCUT2D eigenvalue weighted by atomic mass is 32.2. The molecule has 1 aliphatic rings. The zero-order chi connectivity index (χ0) is 9.14. The number of hydrogen-bond donors (Lipinski definition) is 0. The molecule has 0 radical (unpaired) electrons. The molecule has 1 unspecified atom stereocenters. The van der Waals surface area contributed by atoms with Gasteiger partial charge in [-0.3, -0.25) is 4.79 Å². The van der Waals surface area contributed by atoms with Crippen molar-refractivity contribution in [3.05, 3.63) is 0 Å². The van der Waals surface area contributed by atoms with Gasteiger partial charge in [-0.2, -0.15) is 0 Å². The Hall–Kier alpha value is -0.220. The van der Waals surface area contributed by atoms with Gasteiger partial charge in [0.2, 0.25) is 0 Å². The van der Waals surface area contributed by atoms with Crippen LogP contribution in [0.1, 0.15) is 26.7 Å². The van der Waals surface area contributed by atoms with Gasteiger partial charge in [0.25, 0.3) is 0 Å². The lowest BCUT2D eigenvalue weighted by molar-refractivity contribution is -0.120. The van der Waals surface area contributed by atoms with E-state index in [4.69, 9.17) is 0 Å². The Morgan fingerprint density at radius 1 is 1.50 bits per heavy atom. The van der Waals surface area contributed by atoms with Crippen molar-refractivity contribution in [3.63, 3.8) is 0 Å². The van der Waals surface area contributed by atoms with Crippen molar-refractivity contribution in [2.24, 2.45) is 0 Å². The number of Topliss-reactive ketones (excluding diaryl/α,β-unsaturated/α-hetero) is 1. The number of nitrogens with zero attached hydrogens (tertiary/aromatic N) is 1. The first-order valence-corrected chi connectivity index (χ1v) is 5.45. The van der Waals surface area contributed by atoms with Gasteiger partial charge < -0.3 is 0 Å². The molecular formula is C8H15NO2S. The van der Waals surface area contributed by atoms with Gasteiger partial charge in [0.15, 0.2) is 0 Å². The van der Waals surface area contributed by atoms with Gasteiger partial charge in [0, 0.05) is 18.2 Å². The van der Waals surface area contributed by atoms with E-state index < -0.39 is 11.0 Å². The van der Waals surface area contributed by atoms with Crippen LogP contribution in [0.3, 0.4) is 0 Å². The second-order valence-corrected chi connectivity index (χ2v) is 5.34. The van der Waals surface area contributed by atoms with E-state index in [1.807, 2.05) is 13.8 Å². The topological polar surface area (TPSA) is 37.4 Å². The van der Waals surface area contributed by atoms with Crippen molar-refractivity contribution in [2.45, 2.75) is 31.9 Å². The van der Waals surface area contributed by atoms with E-state index in [0.717, 1.165) is 13.0 Å². The molecule has 0 spiro atoms. The summed E-state index contributed by atoms with van der Waals surface area (Å²) in [5, 5.41) is 0.121. The molecule has 0 aliphatic carbocycles. The highest BCUT2D eigenvalue weighted by molar-refractivity contribution is 7.83. The van der Waals surface area contributed by atoms with E-state index in [-0.39, 0.29) is 11.0 Å². The average Bonchev–Trinajstić information content (AvgIpc) is 2.03. The van der Waals surface area contributed by atoms with Crippen molar-refractivity contribution < 1.29 is 9.00 Å². The minimum Gasteiger partial charge on any atom is -0.298 e. The van der Waals surface area contributed by atoms with Gasteiger partial charge in [-0.1, -0.05) is 0 Å². The van der Waals surface area contributed by atoms with Gasteiger partial charge in [0.05, 0.1) is 17.5 Å². The van der Waals surface area contributed by atoms with E-state index >= 15 is 0 Å². The summed E-state index contributed by atoms with van der Waals surface area (Å²) < 4.78 is 13.3. The lowest BCUT2D eigenvalue weighted by Crippen LogP contribution is -2.39.